The van der Waals surface area contributed by atoms with Gasteiger partial charge in [-0.2, -0.15) is 0 Å². The van der Waals surface area contributed by atoms with Crippen LogP contribution in [0.4, 0.5) is 0 Å². The summed E-state index contributed by atoms with van der Waals surface area (Å²) in [6.07, 6.45) is 0. The molecule has 1 aromatic carbocycles. The van der Waals surface area contributed by atoms with Gasteiger partial charge in [-0.05, 0) is 24.1 Å². The Morgan fingerprint density at radius 1 is 1.37 bits per heavy atom. The zero-order chi connectivity index (χ0) is 14.4. The lowest BCUT2D eigenvalue weighted by atomic mass is 10.0. The highest BCUT2D eigenvalue weighted by Gasteiger charge is 2.17. The van der Waals surface area contributed by atoms with E-state index in [4.69, 9.17) is 9.47 Å². The second kappa shape index (κ2) is 6.99. The first kappa shape index (κ1) is 15.3. The number of phenols is 1. The van der Waals surface area contributed by atoms with Crippen LogP contribution < -0.4 is 10.1 Å². The van der Waals surface area contributed by atoms with E-state index in [2.05, 4.69) is 5.32 Å². The van der Waals surface area contributed by atoms with Crippen molar-refractivity contribution in [2.45, 2.75) is 19.9 Å². The first-order valence-corrected chi connectivity index (χ1v) is 6.16. The van der Waals surface area contributed by atoms with E-state index in [1.54, 1.807) is 19.2 Å². The van der Waals surface area contributed by atoms with Crippen LogP contribution in [0.25, 0.3) is 0 Å². The number of methoxy groups -OCH3 is 2. The topological polar surface area (TPSA) is 67.8 Å². The molecule has 0 saturated carbocycles. The first-order valence-electron chi connectivity index (χ1n) is 6.16. The molecular formula is C14H21NO4. The standard InChI is InChI=1S/C14H21NO4/c1-9(2)11(8-18-3)15-14(17)10-5-6-13(19-4)12(16)7-10/h5-7,9,11,16H,8H2,1-4H3,(H,15,17). The molecule has 1 unspecified atom stereocenters. The summed E-state index contributed by atoms with van der Waals surface area (Å²) in [6, 6.07) is 4.49. The van der Waals surface area contributed by atoms with Crippen LogP contribution in [0.5, 0.6) is 11.5 Å². The van der Waals surface area contributed by atoms with E-state index in [0.29, 0.717) is 17.9 Å². The zero-order valence-corrected chi connectivity index (χ0v) is 11.8. The Morgan fingerprint density at radius 3 is 2.53 bits per heavy atom. The molecule has 1 aromatic rings. The summed E-state index contributed by atoms with van der Waals surface area (Å²) in [4.78, 5) is 12.1. The Morgan fingerprint density at radius 2 is 2.05 bits per heavy atom. The van der Waals surface area contributed by atoms with Crippen LogP contribution >= 0.6 is 0 Å². The minimum absolute atomic E-state index is 0.0528. The van der Waals surface area contributed by atoms with E-state index < -0.39 is 0 Å². The van der Waals surface area contributed by atoms with Crippen molar-refractivity contribution in [3.05, 3.63) is 23.8 Å². The van der Waals surface area contributed by atoms with Gasteiger partial charge >= 0.3 is 0 Å². The van der Waals surface area contributed by atoms with E-state index >= 15 is 0 Å². The summed E-state index contributed by atoms with van der Waals surface area (Å²) < 4.78 is 10.0. The molecular weight excluding hydrogens is 246 g/mol. The second-order valence-corrected chi connectivity index (χ2v) is 4.67. The minimum atomic E-state index is -0.242. The minimum Gasteiger partial charge on any atom is -0.504 e. The molecule has 1 amide bonds. The number of carbonyl (C=O) groups is 1. The molecule has 1 atom stereocenters. The van der Waals surface area contributed by atoms with Crippen LogP contribution in [-0.4, -0.2) is 37.9 Å². The fourth-order valence-electron chi connectivity index (χ4n) is 1.66. The molecule has 0 spiro atoms. The van der Waals surface area contributed by atoms with E-state index in [9.17, 15) is 9.90 Å². The van der Waals surface area contributed by atoms with Crippen molar-refractivity contribution in [3.63, 3.8) is 0 Å². The molecule has 0 aromatic heterocycles. The fraction of sp³-hybridized carbons (Fsp3) is 0.500. The molecule has 0 aliphatic rings. The average Bonchev–Trinajstić information content (AvgIpc) is 2.37. The normalized spacial score (nSPS) is 12.3. The van der Waals surface area contributed by atoms with Crippen molar-refractivity contribution in [1.29, 1.82) is 0 Å². The van der Waals surface area contributed by atoms with Crippen molar-refractivity contribution in [2.24, 2.45) is 5.92 Å². The van der Waals surface area contributed by atoms with Crippen LogP contribution in [0.2, 0.25) is 0 Å². The molecule has 5 heteroatoms. The van der Waals surface area contributed by atoms with Gasteiger partial charge < -0.3 is 19.9 Å². The molecule has 0 bridgehead atoms. The Kier molecular flexibility index (Phi) is 5.63. The SMILES string of the molecule is COCC(NC(=O)c1ccc(OC)c(O)c1)C(C)C. The summed E-state index contributed by atoms with van der Waals surface area (Å²) in [5.41, 5.74) is 0.389. The number of hydrogen-bond acceptors (Lipinski definition) is 4. The molecule has 19 heavy (non-hydrogen) atoms. The van der Waals surface area contributed by atoms with Gasteiger partial charge in [0.1, 0.15) is 0 Å². The molecule has 0 aliphatic heterocycles. The summed E-state index contributed by atoms with van der Waals surface area (Å²) in [6.45, 7) is 4.47. The van der Waals surface area contributed by atoms with Gasteiger partial charge in [-0.3, -0.25) is 4.79 Å². The number of phenolic OH excluding ortho intramolecular Hbond substituents is 1. The molecule has 0 aliphatic carbocycles. The number of carbonyl (C=O) groups excluding carboxylic acids is 1. The molecule has 0 fully saturated rings. The number of amides is 1. The maximum Gasteiger partial charge on any atom is 0.251 e. The Labute approximate surface area is 113 Å². The smallest absolute Gasteiger partial charge is 0.251 e. The molecule has 0 heterocycles. The predicted molar refractivity (Wildman–Crippen MR) is 72.6 cm³/mol. The summed E-state index contributed by atoms with van der Waals surface area (Å²) in [5.74, 6) is 0.307. The Balaban J connectivity index is 2.79. The number of rotatable bonds is 6. The van der Waals surface area contributed by atoms with Crippen LogP contribution in [-0.2, 0) is 4.74 Å². The zero-order valence-electron chi connectivity index (χ0n) is 11.8. The van der Waals surface area contributed by atoms with Gasteiger partial charge in [-0.15, -0.1) is 0 Å². The Bertz CT molecular complexity index is 431. The van der Waals surface area contributed by atoms with Crippen molar-refractivity contribution >= 4 is 5.91 Å². The third-order valence-electron chi connectivity index (χ3n) is 2.91. The van der Waals surface area contributed by atoms with E-state index in [-0.39, 0.29) is 23.6 Å². The fourth-order valence-corrected chi connectivity index (χ4v) is 1.66. The van der Waals surface area contributed by atoms with Crippen LogP contribution in [0.3, 0.4) is 0 Å². The van der Waals surface area contributed by atoms with Gasteiger partial charge in [0.15, 0.2) is 11.5 Å². The maximum absolute atomic E-state index is 12.1. The number of aromatic hydroxyl groups is 1. The summed E-state index contributed by atoms with van der Waals surface area (Å²) in [5, 5.41) is 12.5. The highest BCUT2D eigenvalue weighted by atomic mass is 16.5. The number of nitrogens with one attached hydrogen (secondary N) is 1. The monoisotopic (exact) mass is 267 g/mol. The van der Waals surface area contributed by atoms with Crippen molar-refractivity contribution in [2.75, 3.05) is 20.8 Å². The van der Waals surface area contributed by atoms with E-state index in [1.165, 1.54) is 13.2 Å². The van der Waals surface area contributed by atoms with Gasteiger partial charge in [0.05, 0.1) is 19.8 Å². The lowest BCUT2D eigenvalue weighted by Gasteiger charge is -2.21. The number of ether oxygens (including phenoxy) is 2. The van der Waals surface area contributed by atoms with Crippen LogP contribution in [0.1, 0.15) is 24.2 Å². The third-order valence-corrected chi connectivity index (χ3v) is 2.91. The molecule has 1 rings (SSSR count). The molecule has 2 N–H and O–H groups in total. The van der Waals surface area contributed by atoms with Gasteiger partial charge in [0.25, 0.3) is 5.91 Å². The predicted octanol–water partition coefficient (Wildman–Crippen LogP) is 1.80. The van der Waals surface area contributed by atoms with Gasteiger partial charge in [0.2, 0.25) is 0 Å². The molecule has 0 radical (unpaired) electrons. The summed E-state index contributed by atoms with van der Waals surface area (Å²) in [7, 11) is 3.06. The number of benzene rings is 1. The number of hydrogen-bond donors (Lipinski definition) is 2. The van der Waals surface area contributed by atoms with Crippen molar-refractivity contribution < 1.29 is 19.4 Å². The van der Waals surface area contributed by atoms with Gasteiger partial charge in [-0.1, -0.05) is 13.8 Å². The second-order valence-electron chi connectivity index (χ2n) is 4.67. The van der Waals surface area contributed by atoms with E-state index in [0.717, 1.165) is 0 Å². The molecule has 106 valence electrons. The van der Waals surface area contributed by atoms with Gasteiger partial charge in [0, 0.05) is 12.7 Å². The molecule has 5 nitrogen and oxygen atoms in total. The quantitative estimate of drug-likeness (QED) is 0.824. The lowest BCUT2D eigenvalue weighted by Crippen LogP contribution is -2.41. The Hall–Kier alpha value is -1.75. The van der Waals surface area contributed by atoms with E-state index in [1.807, 2.05) is 13.8 Å². The third kappa shape index (κ3) is 4.13. The average molecular weight is 267 g/mol. The highest BCUT2D eigenvalue weighted by molar-refractivity contribution is 5.95. The van der Waals surface area contributed by atoms with Crippen LogP contribution in [0, 0.1) is 5.92 Å². The van der Waals surface area contributed by atoms with Crippen molar-refractivity contribution in [1.82, 2.24) is 5.32 Å². The summed E-state index contributed by atoms with van der Waals surface area (Å²) >= 11 is 0. The van der Waals surface area contributed by atoms with Gasteiger partial charge in [-0.25, -0.2) is 0 Å². The highest BCUT2D eigenvalue weighted by Crippen LogP contribution is 2.26. The maximum atomic E-state index is 12.1. The molecule has 0 saturated heterocycles. The van der Waals surface area contributed by atoms with Crippen LogP contribution in [0.15, 0.2) is 18.2 Å². The largest absolute Gasteiger partial charge is 0.504 e. The lowest BCUT2D eigenvalue weighted by molar-refractivity contribution is 0.0866. The van der Waals surface area contributed by atoms with Crippen molar-refractivity contribution in [3.8, 4) is 11.5 Å². The first-order chi connectivity index (χ1) is 8.99.